The van der Waals surface area contributed by atoms with Gasteiger partial charge in [0.1, 0.15) is 0 Å². The average Bonchev–Trinajstić information content (AvgIpc) is 2.76. The highest BCUT2D eigenvalue weighted by molar-refractivity contribution is 7.99. The minimum Gasteiger partial charge on any atom is -0.326 e. The van der Waals surface area contributed by atoms with E-state index in [2.05, 4.69) is 27.3 Å². The fourth-order valence-electron chi connectivity index (χ4n) is 3.68. The molecule has 0 radical (unpaired) electrons. The Hall–Kier alpha value is -2.64. The summed E-state index contributed by atoms with van der Waals surface area (Å²) in [4.78, 5) is 31.8. The number of anilines is 1. The topological polar surface area (TPSA) is 67.2 Å². The van der Waals surface area contributed by atoms with Crippen LogP contribution in [-0.4, -0.2) is 45.0 Å². The van der Waals surface area contributed by atoms with Crippen molar-refractivity contribution < 1.29 is 4.79 Å². The van der Waals surface area contributed by atoms with Gasteiger partial charge in [0.2, 0.25) is 5.91 Å². The van der Waals surface area contributed by atoms with Gasteiger partial charge in [-0.05, 0) is 36.2 Å². The molecule has 0 unspecified atom stereocenters. The molecule has 1 fully saturated rings. The van der Waals surface area contributed by atoms with Crippen molar-refractivity contribution in [3.63, 3.8) is 0 Å². The second kappa shape index (κ2) is 9.45. The molecule has 1 N–H and O–H groups in total. The molecule has 0 atom stereocenters. The van der Waals surface area contributed by atoms with Gasteiger partial charge in [-0.15, -0.1) is 0 Å². The van der Waals surface area contributed by atoms with Gasteiger partial charge in [0.05, 0.1) is 17.2 Å². The maximum Gasteiger partial charge on any atom is 0.261 e. The number of carbonyl (C=O) groups is 1. The highest BCUT2D eigenvalue weighted by Gasteiger charge is 2.12. The fourth-order valence-corrected chi connectivity index (χ4v) is 4.66. The molecule has 0 saturated carbocycles. The van der Waals surface area contributed by atoms with E-state index in [4.69, 9.17) is 0 Å². The average molecular weight is 423 g/mol. The van der Waals surface area contributed by atoms with Gasteiger partial charge in [-0.1, -0.05) is 24.3 Å². The summed E-state index contributed by atoms with van der Waals surface area (Å²) in [5.41, 5.74) is 3.69. The summed E-state index contributed by atoms with van der Waals surface area (Å²) in [5.74, 6) is 2.28. The summed E-state index contributed by atoms with van der Waals surface area (Å²) in [6, 6.07) is 13.5. The molecule has 0 spiro atoms. The predicted molar refractivity (Wildman–Crippen MR) is 123 cm³/mol. The number of carbonyl (C=O) groups excluding carboxylic acids is 1. The Labute approximate surface area is 180 Å². The van der Waals surface area contributed by atoms with Crippen molar-refractivity contribution in [1.82, 2.24) is 14.5 Å². The third kappa shape index (κ3) is 4.91. The van der Waals surface area contributed by atoms with E-state index in [9.17, 15) is 9.59 Å². The maximum absolute atomic E-state index is 12.5. The van der Waals surface area contributed by atoms with E-state index in [0.29, 0.717) is 17.4 Å². The van der Waals surface area contributed by atoms with E-state index in [1.54, 1.807) is 6.07 Å². The third-order valence-corrected chi connectivity index (χ3v) is 6.33. The molecular weight excluding hydrogens is 396 g/mol. The molecule has 0 bridgehead atoms. The van der Waals surface area contributed by atoms with Gasteiger partial charge >= 0.3 is 0 Å². The smallest absolute Gasteiger partial charge is 0.261 e. The van der Waals surface area contributed by atoms with Gasteiger partial charge in [-0.25, -0.2) is 4.98 Å². The van der Waals surface area contributed by atoms with Crippen molar-refractivity contribution in [1.29, 1.82) is 0 Å². The van der Waals surface area contributed by atoms with Gasteiger partial charge in [0, 0.05) is 49.8 Å². The summed E-state index contributed by atoms with van der Waals surface area (Å²) >= 11 is 2.01. The van der Waals surface area contributed by atoms with E-state index in [0.717, 1.165) is 30.9 Å². The number of hydrogen-bond donors (Lipinski definition) is 1. The number of fused-ring (bicyclic) bond motifs is 1. The van der Waals surface area contributed by atoms with Crippen LogP contribution in [0, 0.1) is 6.92 Å². The molecule has 3 aromatic rings. The predicted octanol–water partition coefficient (Wildman–Crippen LogP) is 3.28. The van der Waals surface area contributed by atoms with E-state index in [1.807, 2.05) is 43.0 Å². The van der Waals surface area contributed by atoms with Crippen molar-refractivity contribution >= 4 is 34.3 Å². The van der Waals surface area contributed by atoms with Crippen molar-refractivity contribution in [2.24, 2.45) is 0 Å². The van der Waals surface area contributed by atoms with Gasteiger partial charge < -0.3 is 5.32 Å². The molecule has 1 aromatic heterocycles. The first-order chi connectivity index (χ1) is 14.6. The van der Waals surface area contributed by atoms with Crippen LogP contribution in [0.1, 0.15) is 17.5 Å². The lowest BCUT2D eigenvalue weighted by Gasteiger charge is -2.26. The number of aromatic nitrogens is 2. The summed E-state index contributed by atoms with van der Waals surface area (Å²) < 4.78 is 1.49. The third-order valence-electron chi connectivity index (χ3n) is 5.39. The molecule has 4 rings (SSSR count). The Morgan fingerprint density at radius 2 is 1.97 bits per heavy atom. The number of nitrogens with zero attached hydrogens (tertiary/aromatic N) is 3. The number of thioether (sulfide) groups is 1. The summed E-state index contributed by atoms with van der Waals surface area (Å²) in [6.07, 6.45) is 1.73. The Balaban J connectivity index is 1.36. The number of rotatable bonds is 6. The molecule has 30 heavy (non-hydrogen) atoms. The zero-order valence-corrected chi connectivity index (χ0v) is 18.0. The first-order valence-corrected chi connectivity index (χ1v) is 11.4. The normalized spacial score (nSPS) is 14.7. The minimum atomic E-state index is -0.120. The molecule has 156 valence electrons. The molecule has 1 amide bonds. The fraction of sp³-hybridized carbons (Fsp3) is 0.348. The number of aryl methyl sites for hydroxylation is 2. The summed E-state index contributed by atoms with van der Waals surface area (Å²) in [5, 5.41) is 3.54. The molecule has 1 aliphatic heterocycles. The Morgan fingerprint density at radius 3 is 2.77 bits per heavy atom. The van der Waals surface area contributed by atoms with Gasteiger partial charge in [-0.2, -0.15) is 11.8 Å². The maximum atomic E-state index is 12.5. The Morgan fingerprint density at radius 1 is 1.17 bits per heavy atom. The summed E-state index contributed by atoms with van der Waals surface area (Å²) in [7, 11) is 0. The Bertz CT molecular complexity index is 1110. The molecule has 2 aromatic carbocycles. The number of benzene rings is 2. The summed E-state index contributed by atoms with van der Waals surface area (Å²) in [6.45, 7) is 5.53. The lowest BCUT2D eigenvalue weighted by molar-refractivity contribution is -0.116. The highest BCUT2D eigenvalue weighted by atomic mass is 32.2. The van der Waals surface area contributed by atoms with E-state index in [-0.39, 0.29) is 17.9 Å². The SMILES string of the molecule is Cc1cc(CN2CCSCC2)ccc1NC(=O)CCn1cnc2ccccc2c1=O. The molecule has 1 aliphatic rings. The van der Waals surface area contributed by atoms with Crippen molar-refractivity contribution in [2.45, 2.75) is 26.4 Å². The van der Waals surface area contributed by atoms with E-state index < -0.39 is 0 Å². The number of hydrogen-bond acceptors (Lipinski definition) is 5. The Kier molecular flexibility index (Phi) is 6.50. The second-order valence-electron chi connectivity index (χ2n) is 7.60. The van der Waals surface area contributed by atoms with E-state index >= 15 is 0 Å². The molecule has 0 aliphatic carbocycles. The zero-order valence-electron chi connectivity index (χ0n) is 17.1. The molecular formula is C23H26N4O2S. The standard InChI is InChI=1S/C23H26N4O2S/c1-17-14-18(15-26-10-12-30-13-11-26)6-7-20(17)25-22(28)8-9-27-16-24-21-5-3-2-4-19(21)23(27)29/h2-7,14,16H,8-13,15H2,1H3,(H,25,28). The van der Waals surface area contributed by atoms with E-state index in [1.165, 1.54) is 28.0 Å². The lowest BCUT2D eigenvalue weighted by Crippen LogP contribution is -2.31. The first-order valence-electron chi connectivity index (χ1n) is 10.2. The van der Waals surface area contributed by atoms with Crippen LogP contribution in [0.5, 0.6) is 0 Å². The monoisotopic (exact) mass is 422 g/mol. The quantitative estimate of drug-likeness (QED) is 0.660. The number of para-hydroxylation sites is 1. The van der Waals surface area contributed by atoms with Gasteiger partial charge in [0.25, 0.3) is 5.56 Å². The van der Waals surface area contributed by atoms with Crippen LogP contribution in [0.15, 0.2) is 53.6 Å². The molecule has 6 nitrogen and oxygen atoms in total. The second-order valence-corrected chi connectivity index (χ2v) is 8.82. The van der Waals surface area contributed by atoms with Crippen molar-refractivity contribution in [2.75, 3.05) is 29.9 Å². The molecule has 1 saturated heterocycles. The van der Waals surface area contributed by atoms with Crippen LogP contribution in [-0.2, 0) is 17.9 Å². The largest absolute Gasteiger partial charge is 0.326 e. The first kappa shape index (κ1) is 20.6. The van der Waals surface area contributed by atoms with Crippen LogP contribution in [0.2, 0.25) is 0 Å². The molecule has 2 heterocycles. The van der Waals surface area contributed by atoms with Crippen molar-refractivity contribution in [3.05, 3.63) is 70.3 Å². The molecule has 7 heteroatoms. The van der Waals surface area contributed by atoms with Gasteiger partial charge in [-0.3, -0.25) is 19.1 Å². The number of nitrogens with one attached hydrogen (secondary N) is 1. The van der Waals surface area contributed by atoms with Crippen LogP contribution in [0.3, 0.4) is 0 Å². The van der Waals surface area contributed by atoms with Crippen LogP contribution < -0.4 is 10.9 Å². The van der Waals surface area contributed by atoms with Crippen LogP contribution in [0.25, 0.3) is 10.9 Å². The van der Waals surface area contributed by atoms with Gasteiger partial charge in [0.15, 0.2) is 0 Å². The zero-order chi connectivity index (χ0) is 20.9. The minimum absolute atomic E-state index is 0.112. The number of amides is 1. The highest BCUT2D eigenvalue weighted by Crippen LogP contribution is 2.19. The van der Waals surface area contributed by atoms with Crippen LogP contribution in [0.4, 0.5) is 5.69 Å². The van der Waals surface area contributed by atoms with Crippen LogP contribution >= 0.6 is 11.8 Å². The lowest BCUT2D eigenvalue weighted by atomic mass is 10.1. The van der Waals surface area contributed by atoms with Crippen molar-refractivity contribution in [3.8, 4) is 0 Å².